The Morgan fingerprint density at radius 3 is 1.48 bits per heavy atom. The minimum atomic E-state index is 0.918. The average Bonchev–Trinajstić information content (AvgIpc) is 2.63. The lowest BCUT2D eigenvalue weighted by atomic mass is 10.1. The van der Waals surface area contributed by atoms with Gasteiger partial charge in [0.2, 0.25) is 0 Å². The highest BCUT2D eigenvalue weighted by atomic mass is 15.1. The van der Waals surface area contributed by atoms with Crippen LogP contribution < -0.4 is 4.90 Å². The van der Waals surface area contributed by atoms with Crippen LogP contribution in [0.4, 0.5) is 5.69 Å². The largest absolute Gasteiger partial charge is 0.363 e. The van der Waals surface area contributed by atoms with Gasteiger partial charge < -0.3 is 4.90 Å². The molecule has 0 bridgehead atoms. The Kier molecular flexibility index (Phi) is 5.10. The Morgan fingerprint density at radius 1 is 0.565 bits per heavy atom. The molecule has 1 heteroatoms. The second-order valence-electron chi connectivity index (χ2n) is 5.85. The van der Waals surface area contributed by atoms with Gasteiger partial charge in [0.05, 0.1) is 0 Å². The first-order chi connectivity index (χ1) is 11.3. The quantitative estimate of drug-likeness (QED) is 0.584. The third kappa shape index (κ3) is 4.23. The molecule has 0 aliphatic heterocycles. The Bertz CT molecular complexity index is 660. The van der Waals surface area contributed by atoms with Gasteiger partial charge >= 0.3 is 0 Å². The van der Waals surface area contributed by atoms with E-state index in [1.807, 2.05) is 0 Å². The molecule has 0 saturated heterocycles. The molecule has 116 valence electrons. The molecule has 23 heavy (non-hydrogen) atoms. The predicted molar refractivity (Wildman–Crippen MR) is 98.6 cm³/mol. The highest BCUT2D eigenvalue weighted by Crippen LogP contribution is 2.21. The van der Waals surface area contributed by atoms with E-state index in [4.69, 9.17) is 0 Å². The van der Waals surface area contributed by atoms with E-state index in [1.165, 1.54) is 22.4 Å². The maximum atomic E-state index is 2.43. The zero-order valence-electron chi connectivity index (χ0n) is 13.7. The molecule has 0 fully saturated rings. The average molecular weight is 301 g/mol. The van der Waals surface area contributed by atoms with E-state index in [9.17, 15) is 0 Å². The number of nitrogens with zero attached hydrogens (tertiary/aromatic N) is 1. The van der Waals surface area contributed by atoms with Crippen molar-refractivity contribution in [1.29, 1.82) is 0 Å². The Balaban J connectivity index is 1.85. The lowest BCUT2D eigenvalue weighted by Crippen LogP contribution is -2.22. The number of benzene rings is 3. The molecule has 3 aromatic carbocycles. The van der Waals surface area contributed by atoms with Crippen LogP contribution >= 0.6 is 0 Å². The van der Waals surface area contributed by atoms with E-state index >= 15 is 0 Å². The van der Waals surface area contributed by atoms with Gasteiger partial charge in [-0.2, -0.15) is 0 Å². The van der Waals surface area contributed by atoms with Crippen LogP contribution in [-0.4, -0.2) is 0 Å². The zero-order valence-corrected chi connectivity index (χ0v) is 13.7. The van der Waals surface area contributed by atoms with Crippen LogP contribution in [0.1, 0.15) is 23.6 Å². The molecule has 0 aliphatic carbocycles. The van der Waals surface area contributed by atoms with Crippen molar-refractivity contribution in [3.05, 3.63) is 102 Å². The fraction of sp³-hybridized carbons (Fsp3) is 0.182. The van der Waals surface area contributed by atoms with Gasteiger partial charge in [-0.25, -0.2) is 0 Å². The molecule has 0 unspecified atom stereocenters. The van der Waals surface area contributed by atoms with E-state index in [-0.39, 0.29) is 0 Å². The topological polar surface area (TPSA) is 3.24 Å². The number of aryl methyl sites for hydroxylation is 1. The summed E-state index contributed by atoms with van der Waals surface area (Å²) in [5.74, 6) is 0. The van der Waals surface area contributed by atoms with Crippen molar-refractivity contribution in [1.82, 2.24) is 0 Å². The molecular weight excluding hydrogens is 278 g/mol. The SMILES string of the molecule is CCc1ccc(N(Cc2ccccc2)Cc2ccccc2)cc1. The summed E-state index contributed by atoms with van der Waals surface area (Å²) in [4.78, 5) is 2.43. The van der Waals surface area contributed by atoms with Gasteiger partial charge in [0.25, 0.3) is 0 Å². The van der Waals surface area contributed by atoms with Crippen molar-refractivity contribution in [2.24, 2.45) is 0 Å². The van der Waals surface area contributed by atoms with Crippen molar-refractivity contribution in [3.8, 4) is 0 Å². The number of hydrogen-bond donors (Lipinski definition) is 0. The van der Waals surface area contributed by atoms with E-state index in [1.54, 1.807) is 0 Å². The molecule has 0 amide bonds. The Hall–Kier alpha value is -2.54. The molecule has 3 aromatic rings. The Labute approximate surface area is 139 Å². The van der Waals surface area contributed by atoms with Crippen LogP contribution in [0, 0.1) is 0 Å². The molecule has 0 aliphatic rings. The lowest BCUT2D eigenvalue weighted by Gasteiger charge is -2.25. The summed E-state index contributed by atoms with van der Waals surface area (Å²) in [5, 5.41) is 0. The van der Waals surface area contributed by atoms with Gasteiger partial charge in [-0.15, -0.1) is 0 Å². The second-order valence-corrected chi connectivity index (χ2v) is 5.85. The fourth-order valence-electron chi connectivity index (χ4n) is 2.79. The van der Waals surface area contributed by atoms with Gasteiger partial charge in [0.1, 0.15) is 0 Å². The Morgan fingerprint density at radius 2 is 1.04 bits per heavy atom. The van der Waals surface area contributed by atoms with Gasteiger partial charge in [0, 0.05) is 18.8 Å². The summed E-state index contributed by atoms with van der Waals surface area (Å²) in [6.07, 6.45) is 1.08. The lowest BCUT2D eigenvalue weighted by molar-refractivity contribution is 0.799. The molecule has 0 radical (unpaired) electrons. The number of hydrogen-bond acceptors (Lipinski definition) is 1. The smallest absolute Gasteiger partial charge is 0.0433 e. The predicted octanol–water partition coefficient (Wildman–Crippen LogP) is 5.46. The van der Waals surface area contributed by atoms with E-state index in [2.05, 4.69) is 96.8 Å². The molecule has 0 saturated carbocycles. The van der Waals surface area contributed by atoms with Crippen LogP contribution in [0.3, 0.4) is 0 Å². The minimum absolute atomic E-state index is 0.918. The first kappa shape index (κ1) is 15.4. The van der Waals surface area contributed by atoms with Gasteiger partial charge in [-0.05, 0) is 35.2 Å². The van der Waals surface area contributed by atoms with E-state index in [0.717, 1.165) is 19.5 Å². The molecular formula is C22H23N. The second kappa shape index (κ2) is 7.64. The third-order valence-electron chi connectivity index (χ3n) is 4.14. The zero-order chi connectivity index (χ0) is 15.9. The molecule has 0 heterocycles. The maximum Gasteiger partial charge on any atom is 0.0433 e. The maximum absolute atomic E-state index is 2.43. The molecule has 0 atom stereocenters. The van der Waals surface area contributed by atoms with Crippen molar-refractivity contribution in [2.75, 3.05) is 4.90 Å². The van der Waals surface area contributed by atoms with Crippen LogP contribution in [0.2, 0.25) is 0 Å². The normalized spacial score (nSPS) is 10.5. The summed E-state index contributed by atoms with van der Waals surface area (Å²) < 4.78 is 0. The monoisotopic (exact) mass is 301 g/mol. The first-order valence-corrected chi connectivity index (χ1v) is 8.27. The highest BCUT2D eigenvalue weighted by Gasteiger charge is 2.08. The summed E-state index contributed by atoms with van der Waals surface area (Å²) in [6, 6.07) is 30.3. The van der Waals surface area contributed by atoms with Gasteiger partial charge in [0.15, 0.2) is 0 Å². The first-order valence-electron chi connectivity index (χ1n) is 8.27. The molecule has 3 rings (SSSR count). The van der Waals surface area contributed by atoms with Crippen LogP contribution in [0.5, 0.6) is 0 Å². The van der Waals surface area contributed by atoms with Gasteiger partial charge in [-0.3, -0.25) is 0 Å². The van der Waals surface area contributed by atoms with Crippen molar-refractivity contribution >= 4 is 5.69 Å². The number of anilines is 1. The molecule has 1 nitrogen and oxygen atoms in total. The minimum Gasteiger partial charge on any atom is -0.363 e. The summed E-state index contributed by atoms with van der Waals surface area (Å²) in [5.41, 5.74) is 5.33. The van der Waals surface area contributed by atoms with Crippen molar-refractivity contribution in [2.45, 2.75) is 26.4 Å². The standard InChI is InChI=1S/C22H23N/c1-2-19-13-15-22(16-14-19)23(17-20-9-5-3-6-10-20)18-21-11-7-4-8-12-21/h3-16H,2,17-18H2,1H3. The molecule has 0 spiro atoms. The highest BCUT2D eigenvalue weighted by molar-refractivity contribution is 5.49. The van der Waals surface area contributed by atoms with E-state index < -0.39 is 0 Å². The summed E-state index contributed by atoms with van der Waals surface area (Å²) in [7, 11) is 0. The van der Waals surface area contributed by atoms with Crippen LogP contribution in [0.15, 0.2) is 84.9 Å². The van der Waals surface area contributed by atoms with Crippen LogP contribution in [-0.2, 0) is 19.5 Å². The van der Waals surface area contributed by atoms with Crippen molar-refractivity contribution < 1.29 is 0 Å². The number of rotatable bonds is 6. The van der Waals surface area contributed by atoms with Crippen LogP contribution in [0.25, 0.3) is 0 Å². The van der Waals surface area contributed by atoms with Gasteiger partial charge in [-0.1, -0.05) is 79.7 Å². The van der Waals surface area contributed by atoms with E-state index in [0.29, 0.717) is 0 Å². The van der Waals surface area contributed by atoms with Crippen molar-refractivity contribution in [3.63, 3.8) is 0 Å². The molecule has 0 N–H and O–H groups in total. The molecule has 0 aromatic heterocycles. The fourth-order valence-corrected chi connectivity index (χ4v) is 2.79. The third-order valence-corrected chi connectivity index (χ3v) is 4.14. The summed E-state index contributed by atoms with van der Waals surface area (Å²) >= 11 is 0. The summed E-state index contributed by atoms with van der Waals surface area (Å²) in [6.45, 7) is 4.03.